The monoisotopic (exact) mass is 428 g/mol. The zero-order chi connectivity index (χ0) is 22.8. The Bertz CT molecular complexity index is 1290. The summed E-state index contributed by atoms with van der Waals surface area (Å²) in [6.07, 6.45) is 0.237. The van der Waals surface area contributed by atoms with Crippen LogP contribution in [0.25, 0.3) is 16.7 Å². The first-order chi connectivity index (χ1) is 15.3. The summed E-state index contributed by atoms with van der Waals surface area (Å²) in [5, 5.41) is 8.66. The third-order valence-corrected chi connectivity index (χ3v) is 5.38. The number of ether oxygens (including phenoxy) is 1. The molecule has 0 radical (unpaired) electrons. The van der Waals surface area contributed by atoms with Gasteiger partial charge in [0.05, 0.1) is 24.2 Å². The predicted octanol–water partition coefficient (Wildman–Crippen LogP) is 5.37. The fourth-order valence-electron chi connectivity index (χ4n) is 3.80. The van der Waals surface area contributed by atoms with Gasteiger partial charge in [-0.3, -0.25) is 4.79 Å². The average molecular weight is 429 g/mol. The minimum Gasteiger partial charge on any atom is -0.493 e. The van der Waals surface area contributed by atoms with Crippen LogP contribution in [0.2, 0.25) is 0 Å². The molecule has 1 N–H and O–H groups in total. The first kappa shape index (κ1) is 21.6. The number of carbonyl (C=O) groups excluding carboxylic acids is 1. The quantitative estimate of drug-likeness (QED) is 0.448. The number of carbonyl (C=O) groups is 1. The predicted molar refractivity (Wildman–Crippen MR) is 128 cm³/mol. The third kappa shape index (κ3) is 4.64. The van der Waals surface area contributed by atoms with Gasteiger partial charge >= 0.3 is 0 Å². The molecule has 0 aliphatic rings. The molecule has 0 bridgehead atoms. The fourth-order valence-corrected chi connectivity index (χ4v) is 3.80. The maximum atomic E-state index is 12.6. The number of hydrogen-bond donors (Lipinski definition) is 1. The lowest BCUT2D eigenvalue weighted by Crippen LogP contribution is -2.18. The third-order valence-electron chi connectivity index (χ3n) is 5.38. The van der Waals surface area contributed by atoms with Gasteiger partial charge in [-0.25, -0.2) is 4.98 Å². The van der Waals surface area contributed by atoms with Crippen molar-refractivity contribution in [2.24, 2.45) is 0 Å². The lowest BCUT2D eigenvalue weighted by Gasteiger charge is -2.12. The van der Waals surface area contributed by atoms with Crippen molar-refractivity contribution in [3.63, 3.8) is 0 Å². The minimum absolute atomic E-state index is 0.137. The van der Waals surface area contributed by atoms with Crippen molar-refractivity contribution in [2.45, 2.75) is 41.0 Å². The Morgan fingerprint density at radius 2 is 1.69 bits per heavy atom. The van der Waals surface area contributed by atoms with Gasteiger partial charge in [0, 0.05) is 11.5 Å². The second kappa shape index (κ2) is 8.83. The summed E-state index contributed by atoms with van der Waals surface area (Å²) in [6.45, 7) is 10.5. The molecule has 2 heterocycles. The van der Waals surface area contributed by atoms with E-state index >= 15 is 0 Å². The number of aryl methyl sites for hydroxylation is 5. The van der Waals surface area contributed by atoms with Crippen LogP contribution in [0.4, 0.5) is 5.82 Å². The van der Waals surface area contributed by atoms with Crippen molar-refractivity contribution < 1.29 is 9.53 Å². The molecule has 0 atom stereocenters. The van der Waals surface area contributed by atoms with Crippen LogP contribution in [-0.2, 0) is 4.79 Å². The molecule has 0 aliphatic heterocycles. The van der Waals surface area contributed by atoms with Gasteiger partial charge in [0.15, 0.2) is 5.82 Å². The van der Waals surface area contributed by atoms with Crippen LogP contribution in [0.5, 0.6) is 5.75 Å². The van der Waals surface area contributed by atoms with Gasteiger partial charge in [-0.15, -0.1) is 0 Å². The number of hydrogen-bond acceptors (Lipinski definition) is 4. The number of pyridine rings is 1. The molecule has 0 saturated carbocycles. The lowest BCUT2D eigenvalue weighted by atomic mass is 10.0. The van der Waals surface area contributed by atoms with Crippen LogP contribution in [0.3, 0.4) is 0 Å². The second-order valence-corrected chi connectivity index (χ2v) is 8.32. The van der Waals surface area contributed by atoms with Crippen LogP contribution >= 0.6 is 0 Å². The molecule has 6 heteroatoms. The van der Waals surface area contributed by atoms with Gasteiger partial charge in [-0.2, -0.15) is 9.78 Å². The first-order valence-electron chi connectivity index (χ1n) is 10.7. The molecule has 4 rings (SSSR count). The summed E-state index contributed by atoms with van der Waals surface area (Å²) in [5.41, 5.74) is 6.37. The molecule has 2 aromatic carbocycles. The number of nitrogens with one attached hydrogen (secondary N) is 1. The smallest absolute Gasteiger partial charge is 0.228 e. The van der Waals surface area contributed by atoms with Crippen LogP contribution in [-0.4, -0.2) is 27.3 Å². The molecule has 1 amide bonds. The van der Waals surface area contributed by atoms with Crippen molar-refractivity contribution in [3.8, 4) is 11.6 Å². The van der Waals surface area contributed by atoms with Crippen molar-refractivity contribution in [1.29, 1.82) is 0 Å². The van der Waals surface area contributed by atoms with E-state index in [1.54, 1.807) is 4.68 Å². The highest BCUT2D eigenvalue weighted by Gasteiger charge is 2.14. The van der Waals surface area contributed by atoms with E-state index in [9.17, 15) is 4.79 Å². The Morgan fingerprint density at radius 3 is 2.44 bits per heavy atom. The molecule has 0 unspecified atom stereocenters. The van der Waals surface area contributed by atoms with Gasteiger partial charge < -0.3 is 10.1 Å². The molecular weight excluding hydrogens is 400 g/mol. The molecule has 2 aromatic heterocycles. The number of nitrogens with zero attached hydrogens (tertiary/aromatic N) is 3. The van der Waals surface area contributed by atoms with Crippen molar-refractivity contribution in [3.05, 3.63) is 76.5 Å². The minimum atomic E-state index is -0.137. The zero-order valence-electron chi connectivity index (χ0n) is 19.2. The van der Waals surface area contributed by atoms with Crippen LogP contribution < -0.4 is 10.1 Å². The Morgan fingerprint density at radius 1 is 0.938 bits per heavy atom. The maximum absolute atomic E-state index is 12.6. The highest BCUT2D eigenvalue weighted by atomic mass is 16.5. The summed E-state index contributed by atoms with van der Waals surface area (Å²) in [5.74, 6) is 1.90. The molecule has 0 spiro atoms. The van der Waals surface area contributed by atoms with Crippen molar-refractivity contribution >= 4 is 22.6 Å². The number of fused-ring (bicyclic) bond motifs is 1. The molecule has 164 valence electrons. The molecule has 6 nitrogen and oxygen atoms in total. The fraction of sp³-hybridized carbons (Fsp3) is 0.269. The summed E-state index contributed by atoms with van der Waals surface area (Å²) in [6, 6.07) is 15.9. The van der Waals surface area contributed by atoms with Crippen molar-refractivity contribution in [2.75, 3.05) is 11.9 Å². The molecule has 4 aromatic rings. The number of aromatic nitrogens is 3. The SMILES string of the molecule is Cc1ccc(OCCC(=O)Nc2cc(C)nn2-c2cc(C)c3cc(C)cc(C)c3n2)cc1. The van der Waals surface area contributed by atoms with Gasteiger partial charge in [-0.1, -0.05) is 29.3 Å². The Hall–Kier alpha value is -3.67. The summed E-state index contributed by atoms with van der Waals surface area (Å²) in [7, 11) is 0. The van der Waals surface area contributed by atoms with Crippen LogP contribution in [0.15, 0.2) is 48.5 Å². The van der Waals surface area contributed by atoms with E-state index in [-0.39, 0.29) is 12.3 Å². The number of benzene rings is 2. The lowest BCUT2D eigenvalue weighted by molar-refractivity contribution is -0.116. The maximum Gasteiger partial charge on any atom is 0.228 e. The number of amides is 1. The molecule has 0 saturated heterocycles. The van der Waals surface area contributed by atoms with Gasteiger partial charge in [0.25, 0.3) is 0 Å². The normalized spacial score (nSPS) is 11.0. The Balaban J connectivity index is 1.52. The van der Waals surface area contributed by atoms with Crippen LogP contribution in [0, 0.1) is 34.6 Å². The van der Waals surface area contributed by atoms with Gasteiger partial charge in [0.1, 0.15) is 11.6 Å². The topological polar surface area (TPSA) is 69.0 Å². The van der Waals surface area contributed by atoms with E-state index in [1.807, 2.05) is 50.2 Å². The van der Waals surface area contributed by atoms with E-state index in [2.05, 4.69) is 43.3 Å². The van der Waals surface area contributed by atoms with E-state index in [0.717, 1.165) is 33.5 Å². The van der Waals surface area contributed by atoms with E-state index < -0.39 is 0 Å². The van der Waals surface area contributed by atoms with Crippen molar-refractivity contribution in [1.82, 2.24) is 14.8 Å². The van der Waals surface area contributed by atoms with E-state index in [4.69, 9.17) is 9.72 Å². The molecule has 0 fully saturated rings. The van der Waals surface area contributed by atoms with Gasteiger partial charge in [-0.05, 0) is 70.0 Å². The molecule has 0 aliphatic carbocycles. The molecular formula is C26H28N4O2. The van der Waals surface area contributed by atoms with E-state index in [1.165, 1.54) is 11.1 Å². The zero-order valence-corrected chi connectivity index (χ0v) is 19.2. The summed E-state index contributed by atoms with van der Waals surface area (Å²) in [4.78, 5) is 17.4. The van der Waals surface area contributed by atoms with Gasteiger partial charge in [0.2, 0.25) is 5.91 Å². The highest BCUT2D eigenvalue weighted by Crippen LogP contribution is 2.26. The highest BCUT2D eigenvalue weighted by molar-refractivity contribution is 5.90. The largest absolute Gasteiger partial charge is 0.493 e. The van der Waals surface area contributed by atoms with E-state index in [0.29, 0.717) is 18.2 Å². The molecule has 32 heavy (non-hydrogen) atoms. The van der Waals surface area contributed by atoms with Crippen LogP contribution in [0.1, 0.15) is 34.4 Å². The number of anilines is 1. The second-order valence-electron chi connectivity index (χ2n) is 8.32. The summed E-state index contributed by atoms with van der Waals surface area (Å²) >= 11 is 0. The number of rotatable bonds is 6. The standard InChI is InChI=1S/C26H28N4O2/c1-16-6-8-21(9-7-16)32-11-10-25(31)27-24-15-20(5)29-30(24)23-14-18(3)22-13-17(2)12-19(4)26(22)28-23/h6-9,12-15H,10-11H2,1-5H3,(H,27,31). The Kier molecular flexibility index (Phi) is 5.95. The summed E-state index contributed by atoms with van der Waals surface area (Å²) < 4.78 is 7.37. The Labute approximate surface area is 188 Å². The first-order valence-corrected chi connectivity index (χ1v) is 10.7. The average Bonchev–Trinajstić information content (AvgIpc) is 3.10.